The number of hydrogen-bond donors (Lipinski definition) is 1. The Balaban J connectivity index is 0.000000271. The first kappa shape index (κ1) is 25.5. The molecule has 0 aromatic heterocycles. The fourth-order valence-corrected chi connectivity index (χ4v) is 4.50. The van der Waals surface area contributed by atoms with Crippen LogP contribution >= 0.6 is 0 Å². The van der Waals surface area contributed by atoms with Gasteiger partial charge in [-0.1, -0.05) is 36.4 Å². The fourth-order valence-electron chi connectivity index (χ4n) is 4.00. The zero-order valence-corrected chi connectivity index (χ0v) is 19.9. The van der Waals surface area contributed by atoms with Crippen molar-refractivity contribution >= 4 is 10.1 Å². The first-order valence-electron chi connectivity index (χ1n) is 10.8. The van der Waals surface area contributed by atoms with E-state index in [1.165, 1.54) is 24.3 Å². The molecule has 3 aromatic rings. The first-order valence-corrected chi connectivity index (χ1v) is 12.2. The Kier molecular flexibility index (Phi) is 8.18. The molecule has 178 valence electrons. The largest absolute Gasteiger partial charge is 0.361 e. The number of halogens is 1. The predicted molar refractivity (Wildman–Crippen MR) is 127 cm³/mol. The number of hydrogen-bond acceptors (Lipinski definition) is 5. The molecule has 1 aliphatic heterocycles. The van der Waals surface area contributed by atoms with Gasteiger partial charge in [-0.3, -0.25) is 4.55 Å². The van der Waals surface area contributed by atoms with Crippen LogP contribution in [0.3, 0.4) is 0 Å². The third-order valence-electron chi connectivity index (χ3n) is 5.63. The van der Waals surface area contributed by atoms with Crippen LogP contribution in [0.25, 0.3) is 0 Å². The van der Waals surface area contributed by atoms with Gasteiger partial charge in [0.15, 0.2) is 0 Å². The van der Waals surface area contributed by atoms with Crippen LogP contribution in [0.2, 0.25) is 0 Å². The second-order valence-electron chi connectivity index (χ2n) is 8.30. The Morgan fingerprint density at radius 2 is 1.76 bits per heavy atom. The summed E-state index contributed by atoms with van der Waals surface area (Å²) in [7, 11) is 0.0948. The summed E-state index contributed by atoms with van der Waals surface area (Å²) in [5.74, 6) is -0.250. The highest BCUT2D eigenvalue weighted by Gasteiger charge is 2.41. The van der Waals surface area contributed by atoms with Gasteiger partial charge in [0, 0.05) is 0 Å². The van der Waals surface area contributed by atoms with E-state index in [1.807, 2.05) is 32.3 Å². The normalized spacial score (nSPS) is 16.9. The van der Waals surface area contributed by atoms with Crippen LogP contribution in [-0.2, 0) is 27.1 Å². The molecule has 0 amide bonds. The molecule has 34 heavy (non-hydrogen) atoms. The summed E-state index contributed by atoms with van der Waals surface area (Å²) in [5.41, 5.74) is 3.18. The number of nitrogens with zero attached hydrogens (tertiary/aromatic N) is 2. The molecule has 0 bridgehead atoms. The van der Waals surface area contributed by atoms with E-state index in [9.17, 15) is 12.8 Å². The van der Waals surface area contributed by atoms with E-state index in [4.69, 9.17) is 14.6 Å². The molecule has 1 unspecified atom stereocenters. The quantitative estimate of drug-likeness (QED) is 0.510. The van der Waals surface area contributed by atoms with Crippen molar-refractivity contribution < 1.29 is 22.1 Å². The lowest BCUT2D eigenvalue weighted by Crippen LogP contribution is -2.28. The Labute approximate surface area is 200 Å². The molecule has 1 heterocycles. The number of nitriles is 1. The fraction of sp³-hybridized carbons (Fsp3) is 0.269. The van der Waals surface area contributed by atoms with Crippen molar-refractivity contribution in [2.75, 3.05) is 20.6 Å². The van der Waals surface area contributed by atoms with Gasteiger partial charge in [0.25, 0.3) is 10.1 Å². The third-order valence-corrected chi connectivity index (χ3v) is 6.50. The number of ether oxygens (including phenoxy) is 1. The van der Waals surface area contributed by atoms with Gasteiger partial charge in [-0.15, -0.1) is 0 Å². The van der Waals surface area contributed by atoms with Gasteiger partial charge in [-0.25, -0.2) is 4.39 Å². The standard InChI is InChI=1S/C20H21FN2O.C6H6O3S/c1-23(2)11-3-10-20(17-5-7-18(21)8-6-17)19-9-4-15(13-22)12-16(19)14-24-20;7-10(8,9)6-4-2-1-3-5-6/h4-9,12H,3,10-11,14H2,1-2H3;1-5H,(H,7,8,9). The highest BCUT2D eigenvalue weighted by molar-refractivity contribution is 7.85. The van der Waals surface area contributed by atoms with Gasteiger partial charge in [0.05, 0.1) is 23.1 Å². The maximum atomic E-state index is 13.4. The summed E-state index contributed by atoms with van der Waals surface area (Å²) in [6, 6.07) is 21.9. The third kappa shape index (κ3) is 6.07. The smallest absolute Gasteiger partial charge is 0.294 e. The summed E-state index contributed by atoms with van der Waals surface area (Å²) in [6.45, 7) is 1.43. The molecule has 3 aromatic carbocycles. The molecule has 1 N–H and O–H groups in total. The van der Waals surface area contributed by atoms with E-state index in [0.717, 1.165) is 36.1 Å². The first-order chi connectivity index (χ1) is 16.2. The molecule has 0 radical (unpaired) electrons. The van der Waals surface area contributed by atoms with Crippen molar-refractivity contribution in [1.29, 1.82) is 5.26 Å². The minimum absolute atomic E-state index is 0.0741. The lowest BCUT2D eigenvalue weighted by atomic mass is 9.81. The Bertz CT molecular complexity index is 1260. The second-order valence-corrected chi connectivity index (χ2v) is 9.72. The van der Waals surface area contributed by atoms with Crippen LogP contribution in [-0.4, -0.2) is 38.5 Å². The Morgan fingerprint density at radius 3 is 2.32 bits per heavy atom. The lowest BCUT2D eigenvalue weighted by Gasteiger charge is -2.31. The zero-order chi connectivity index (χ0) is 24.8. The molecule has 1 atom stereocenters. The summed E-state index contributed by atoms with van der Waals surface area (Å²) in [4.78, 5) is 2.07. The van der Waals surface area contributed by atoms with Crippen molar-refractivity contribution in [3.63, 3.8) is 0 Å². The molecular formula is C26H27FN2O4S. The summed E-state index contributed by atoms with van der Waals surface area (Å²) >= 11 is 0. The van der Waals surface area contributed by atoms with Gasteiger partial charge in [-0.05, 0) is 86.6 Å². The van der Waals surface area contributed by atoms with Crippen LogP contribution in [0, 0.1) is 17.1 Å². The maximum Gasteiger partial charge on any atom is 0.294 e. The number of fused-ring (bicyclic) bond motifs is 1. The van der Waals surface area contributed by atoms with E-state index in [0.29, 0.717) is 12.2 Å². The molecule has 6 nitrogen and oxygen atoms in total. The van der Waals surface area contributed by atoms with E-state index in [-0.39, 0.29) is 10.7 Å². The van der Waals surface area contributed by atoms with Gasteiger partial charge in [0.2, 0.25) is 0 Å². The SMILES string of the molecule is CN(C)CCCC1(c2ccc(F)cc2)OCc2cc(C#N)ccc21.O=S(=O)(O)c1ccccc1. The van der Waals surface area contributed by atoms with Crippen molar-refractivity contribution in [2.45, 2.75) is 29.9 Å². The van der Waals surface area contributed by atoms with Crippen molar-refractivity contribution in [3.05, 3.63) is 101 Å². The van der Waals surface area contributed by atoms with Crippen LogP contribution in [0.4, 0.5) is 4.39 Å². The highest BCUT2D eigenvalue weighted by Crippen LogP contribution is 2.45. The Morgan fingerprint density at radius 1 is 1.09 bits per heavy atom. The molecule has 0 saturated heterocycles. The molecule has 4 rings (SSSR count). The molecule has 0 spiro atoms. The van der Waals surface area contributed by atoms with E-state index in [1.54, 1.807) is 30.3 Å². The molecule has 0 saturated carbocycles. The average molecular weight is 483 g/mol. The number of benzene rings is 3. The zero-order valence-electron chi connectivity index (χ0n) is 19.1. The van der Waals surface area contributed by atoms with E-state index < -0.39 is 15.7 Å². The molecule has 8 heteroatoms. The van der Waals surface area contributed by atoms with Crippen LogP contribution in [0.15, 0.2) is 77.7 Å². The van der Waals surface area contributed by atoms with Crippen LogP contribution < -0.4 is 0 Å². The minimum Gasteiger partial charge on any atom is -0.361 e. The summed E-state index contributed by atoms with van der Waals surface area (Å²) in [5, 5.41) is 9.11. The van der Waals surface area contributed by atoms with Gasteiger partial charge in [-0.2, -0.15) is 13.7 Å². The molecule has 0 fully saturated rings. The van der Waals surface area contributed by atoms with Crippen LogP contribution in [0.1, 0.15) is 35.1 Å². The number of rotatable bonds is 6. The molecular weight excluding hydrogens is 455 g/mol. The topological polar surface area (TPSA) is 90.6 Å². The monoisotopic (exact) mass is 482 g/mol. The minimum atomic E-state index is -4.00. The van der Waals surface area contributed by atoms with Crippen molar-refractivity contribution in [1.82, 2.24) is 4.90 Å². The lowest BCUT2D eigenvalue weighted by molar-refractivity contribution is -0.0140. The summed E-state index contributed by atoms with van der Waals surface area (Å²) < 4.78 is 48.9. The van der Waals surface area contributed by atoms with E-state index >= 15 is 0 Å². The van der Waals surface area contributed by atoms with E-state index in [2.05, 4.69) is 11.0 Å². The predicted octanol–water partition coefficient (Wildman–Crippen LogP) is 4.75. The second kappa shape index (κ2) is 10.9. The van der Waals surface area contributed by atoms with Crippen LogP contribution in [0.5, 0.6) is 0 Å². The van der Waals surface area contributed by atoms with Gasteiger partial charge < -0.3 is 9.64 Å². The Hall–Kier alpha value is -3.09. The maximum absolute atomic E-state index is 13.4. The molecule has 1 aliphatic rings. The van der Waals surface area contributed by atoms with Crippen molar-refractivity contribution in [2.24, 2.45) is 0 Å². The van der Waals surface area contributed by atoms with Gasteiger partial charge in [0.1, 0.15) is 11.4 Å². The summed E-state index contributed by atoms with van der Waals surface area (Å²) in [6.07, 6.45) is 1.78. The average Bonchev–Trinajstić information content (AvgIpc) is 3.18. The highest BCUT2D eigenvalue weighted by atomic mass is 32.2. The molecule has 0 aliphatic carbocycles. The van der Waals surface area contributed by atoms with Crippen molar-refractivity contribution in [3.8, 4) is 6.07 Å². The van der Waals surface area contributed by atoms with Gasteiger partial charge >= 0.3 is 0 Å².